The second kappa shape index (κ2) is 7.84. The zero-order chi connectivity index (χ0) is 19.6. The zero-order valence-corrected chi connectivity index (χ0v) is 16.5. The average molecular weight is 383 g/mol. The number of rotatable bonds is 4. The van der Waals surface area contributed by atoms with Crippen molar-refractivity contribution in [2.45, 2.75) is 38.0 Å². The molecular weight excluding hydrogens is 358 g/mol. The van der Waals surface area contributed by atoms with Crippen molar-refractivity contribution in [2.75, 3.05) is 6.54 Å². The number of ketones is 1. The molecule has 2 heterocycles. The lowest BCUT2D eigenvalue weighted by Crippen LogP contribution is -2.43. The van der Waals surface area contributed by atoms with Gasteiger partial charge in [0.2, 0.25) is 0 Å². The smallest absolute Gasteiger partial charge is 0.136 e. The van der Waals surface area contributed by atoms with Gasteiger partial charge >= 0.3 is 0 Å². The Kier molecular flexibility index (Phi) is 4.91. The van der Waals surface area contributed by atoms with Crippen LogP contribution in [0, 0.1) is 0 Å². The monoisotopic (exact) mass is 383 g/mol. The van der Waals surface area contributed by atoms with Crippen LogP contribution < -0.4 is 4.74 Å². The Hall–Kier alpha value is -2.91. The Morgan fingerprint density at radius 2 is 1.59 bits per heavy atom. The van der Waals surface area contributed by atoms with E-state index in [-0.39, 0.29) is 12.1 Å². The molecule has 5 rings (SSSR count). The van der Waals surface area contributed by atoms with Crippen molar-refractivity contribution in [2.24, 2.45) is 0 Å². The van der Waals surface area contributed by atoms with Crippen molar-refractivity contribution in [3.8, 4) is 5.75 Å². The van der Waals surface area contributed by atoms with Crippen LogP contribution in [-0.2, 0) is 17.8 Å². The van der Waals surface area contributed by atoms with Crippen LogP contribution in [-0.4, -0.2) is 17.2 Å². The van der Waals surface area contributed by atoms with Gasteiger partial charge in [0.15, 0.2) is 0 Å². The first kappa shape index (κ1) is 18.1. The summed E-state index contributed by atoms with van der Waals surface area (Å²) in [5.74, 6) is 1.23. The third kappa shape index (κ3) is 3.70. The van der Waals surface area contributed by atoms with E-state index >= 15 is 0 Å². The van der Waals surface area contributed by atoms with Crippen LogP contribution in [0.3, 0.4) is 0 Å². The first-order valence-electron chi connectivity index (χ1n) is 10.4. The fraction of sp³-hybridized carbons (Fsp3) is 0.269. The van der Waals surface area contributed by atoms with Crippen LogP contribution in [0.4, 0.5) is 0 Å². The van der Waals surface area contributed by atoms with Crippen LogP contribution in [0.1, 0.15) is 47.2 Å². The molecule has 2 aliphatic rings. The van der Waals surface area contributed by atoms with Gasteiger partial charge in [-0.3, -0.25) is 9.69 Å². The van der Waals surface area contributed by atoms with Crippen LogP contribution in [0.2, 0.25) is 0 Å². The molecule has 0 aromatic heterocycles. The molecule has 0 unspecified atom stereocenters. The largest absolute Gasteiger partial charge is 0.489 e. The Labute approximate surface area is 171 Å². The molecule has 0 bridgehead atoms. The molecule has 2 aliphatic heterocycles. The molecule has 0 radical (unpaired) electrons. The maximum Gasteiger partial charge on any atom is 0.136 e. The van der Waals surface area contributed by atoms with E-state index in [9.17, 15) is 4.79 Å². The van der Waals surface area contributed by atoms with Crippen molar-refractivity contribution < 1.29 is 9.53 Å². The first-order valence-corrected chi connectivity index (χ1v) is 10.4. The molecule has 146 valence electrons. The number of ether oxygens (including phenoxy) is 1. The Morgan fingerprint density at radius 1 is 0.862 bits per heavy atom. The molecule has 1 saturated heterocycles. The normalized spacial score (nSPS) is 21.3. The molecule has 0 saturated carbocycles. The number of Topliss-reactive ketones (excluding diaryl/α,β-unsaturated/α-hetero) is 1. The topological polar surface area (TPSA) is 29.5 Å². The van der Waals surface area contributed by atoms with Crippen molar-refractivity contribution in [1.29, 1.82) is 0 Å². The Morgan fingerprint density at radius 3 is 2.38 bits per heavy atom. The highest BCUT2D eigenvalue weighted by molar-refractivity contribution is 5.81. The van der Waals surface area contributed by atoms with E-state index in [1.807, 2.05) is 24.3 Å². The first-order chi connectivity index (χ1) is 14.3. The number of piperidine rings is 1. The van der Waals surface area contributed by atoms with E-state index in [4.69, 9.17) is 4.74 Å². The van der Waals surface area contributed by atoms with E-state index in [1.165, 1.54) is 16.7 Å². The number of nitrogens with zero attached hydrogens (tertiary/aromatic N) is 1. The number of fused-ring (bicyclic) bond motifs is 3. The summed E-state index contributed by atoms with van der Waals surface area (Å²) in [6, 6.07) is 27.4. The Bertz CT molecular complexity index is 1000. The maximum atomic E-state index is 12.6. The van der Waals surface area contributed by atoms with E-state index in [1.54, 1.807) is 0 Å². The lowest BCUT2D eigenvalue weighted by Gasteiger charge is -2.45. The number of hydrogen-bond acceptors (Lipinski definition) is 3. The highest BCUT2D eigenvalue weighted by Gasteiger charge is 2.39. The summed E-state index contributed by atoms with van der Waals surface area (Å²) in [6.45, 7) is 1.55. The maximum absolute atomic E-state index is 12.6. The van der Waals surface area contributed by atoms with Gasteiger partial charge in [-0.1, -0.05) is 66.7 Å². The minimum absolute atomic E-state index is 0.144. The molecule has 3 aromatic rings. The molecule has 0 spiro atoms. The Balaban J connectivity index is 1.42. The summed E-state index contributed by atoms with van der Waals surface area (Å²) in [5.41, 5.74) is 5.00. The number of hydrogen-bond donors (Lipinski definition) is 0. The molecule has 0 amide bonds. The second-order valence-corrected chi connectivity index (χ2v) is 8.01. The van der Waals surface area contributed by atoms with Crippen molar-refractivity contribution in [3.05, 3.63) is 101 Å². The summed E-state index contributed by atoms with van der Waals surface area (Å²) >= 11 is 0. The average Bonchev–Trinajstić information content (AvgIpc) is 2.78. The highest BCUT2D eigenvalue weighted by atomic mass is 16.5. The summed E-state index contributed by atoms with van der Waals surface area (Å²) in [5, 5.41) is 0. The third-order valence-electron chi connectivity index (χ3n) is 6.19. The molecule has 3 heteroatoms. The predicted molar refractivity (Wildman–Crippen MR) is 114 cm³/mol. The van der Waals surface area contributed by atoms with Gasteiger partial charge in [0, 0.05) is 31.5 Å². The summed E-state index contributed by atoms with van der Waals surface area (Å²) in [7, 11) is 0. The molecule has 2 atom stereocenters. The van der Waals surface area contributed by atoms with Gasteiger partial charge in [-0.15, -0.1) is 0 Å². The minimum Gasteiger partial charge on any atom is -0.489 e. The quantitative estimate of drug-likeness (QED) is 0.615. The fourth-order valence-electron chi connectivity index (χ4n) is 4.74. The lowest BCUT2D eigenvalue weighted by atomic mass is 9.82. The van der Waals surface area contributed by atoms with Gasteiger partial charge in [-0.2, -0.15) is 0 Å². The number of carbonyl (C=O) groups is 1. The number of carbonyl (C=O) groups excluding carboxylic acids is 1. The van der Waals surface area contributed by atoms with Crippen LogP contribution in [0.5, 0.6) is 5.75 Å². The lowest BCUT2D eigenvalue weighted by molar-refractivity contribution is -0.126. The van der Waals surface area contributed by atoms with Gasteiger partial charge < -0.3 is 4.74 Å². The van der Waals surface area contributed by atoms with Gasteiger partial charge in [-0.25, -0.2) is 0 Å². The molecule has 3 nitrogen and oxygen atoms in total. The fourth-order valence-corrected chi connectivity index (χ4v) is 4.74. The minimum atomic E-state index is 0.144. The number of benzene rings is 3. The van der Waals surface area contributed by atoms with Crippen LogP contribution in [0.25, 0.3) is 0 Å². The summed E-state index contributed by atoms with van der Waals surface area (Å²) in [6.07, 6.45) is 2.22. The summed E-state index contributed by atoms with van der Waals surface area (Å²) < 4.78 is 6.07. The van der Waals surface area contributed by atoms with Crippen molar-refractivity contribution in [3.63, 3.8) is 0 Å². The van der Waals surface area contributed by atoms with Crippen LogP contribution in [0.15, 0.2) is 78.9 Å². The van der Waals surface area contributed by atoms with Gasteiger partial charge in [-0.05, 0) is 40.8 Å². The van der Waals surface area contributed by atoms with Crippen molar-refractivity contribution >= 4 is 5.78 Å². The van der Waals surface area contributed by atoms with E-state index in [2.05, 4.69) is 59.5 Å². The van der Waals surface area contributed by atoms with E-state index in [0.29, 0.717) is 25.2 Å². The molecule has 29 heavy (non-hydrogen) atoms. The highest BCUT2D eigenvalue weighted by Crippen LogP contribution is 2.44. The molecular formula is C26H25NO2. The van der Waals surface area contributed by atoms with Crippen LogP contribution >= 0.6 is 0 Å². The van der Waals surface area contributed by atoms with Gasteiger partial charge in [0.25, 0.3) is 0 Å². The van der Waals surface area contributed by atoms with Gasteiger partial charge in [0.05, 0.1) is 0 Å². The third-order valence-corrected chi connectivity index (χ3v) is 6.19. The van der Waals surface area contributed by atoms with E-state index < -0.39 is 0 Å². The SMILES string of the molecule is O=C1C[C@@H](c2ccccc2)N2CCc3ccc(OCc4ccccc4)cc3[C@@H]2C1. The predicted octanol–water partition coefficient (Wildman–Crippen LogP) is 5.27. The van der Waals surface area contributed by atoms with Crippen molar-refractivity contribution in [1.82, 2.24) is 4.90 Å². The molecule has 0 N–H and O–H groups in total. The second-order valence-electron chi connectivity index (χ2n) is 8.01. The summed E-state index contributed by atoms with van der Waals surface area (Å²) in [4.78, 5) is 15.2. The van der Waals surface area contributed by atoms with Gasteiger partial charge in [0.1, 0.15) is 18.1 Å². The zero-order valence-electron chi connectivity index (χ0n) is 16.5. The molecule has 0 aliphatic carbocycles. The van der Waals surface area contributed by atoms with E-state index in [0.717, 1.165) is 24.3 Å². The standard InChI is InChI=1S/C26H25NO2/c28-22-15-25(21-9-5-2-6-10-21)27-14-13-20-11-12-23(17-24(20)26(27)16-22)29-18-19-7-3-1-4-8-19/h1-12,17,25-26H,13-16,18H2/t25-,26-/m0/s1. The molecule has 3 aromatic carbocycles. The molecule has 1 fully saturated rings.